The van der Waals surface area contributed by atoms with Crippen LogP contribution in [0.15, 0.2) is 24.3 Å². The van der Waals surface area contributed by atoms with Crippen molar-refractivity contribution >= 4 is 51.1 Å². The summed E-state index contributed by atoms with van der Waals surface area (Å²) < 4.78 is 16.0. The van der Waals surface area contributed by atoms with E-state index in [0.717, 1.165) is 29.1 Å². The quantitative estimate of drug-likeness (QED) is 0.277. The second-order valence-electron chi connectivity index (χ2n) is 9.98. The Morgan fingerprint density at radius 3 is 2.37 bits per heavy atom. The van der Waals surface area contributed by atoms with E-state index < -0.39 is 29.9 Å². The fourth-order valence-corrected chi connectivity index (χ4v) is 5.91. The zero-order chi connectivity index (χ0) is 29.8. The van der Waals surface area contributed by atoms with Crippen LogP contribution < -0.4 is 5.32 Å². The normalized spacial score (nSPS) is 13.9. The van der Waals surface area contributed by atoms with Crippen molar-refractivity contribution in [3.63, 3.8) is 0 Å². The van der Waals surface area contributed by atoms with Crippen LogP contribution in [0.25, 0.3) is 10.9 Å². The highest BCUT2D eigenvalue weighted by atomic mass is 32.1. The van der Waals surface area contributed by atoms with Crippen LogP contribution in [0.2, 0.25) is 0 Å². The summed E-state index contributed by atoms with van der Waals surface area (Å²) >= 11 is 0.911. The third kappa shape index (κ3) is 6.25. The summed E-state index contributed by atoms with van der Waals surface area (Å²) in [6, 6.07) is 7.67. The zero-order valence-corrected chi connectivity index (χ0v) is 25.0. The first-order valence-electron chi connectivity index (χ1n) is 13.7. The third-order valence-electron chi connectivity index (χ3n) is 6.99. The van der Waals surface area contributed by atoms with E-state index in [1.807, 2.05) is 24.3 Å². The Balaban J connectivity index is 1.62. The van der Waals surface area contributed by atoms with Gasteiger partial charge in [0.2, 0.25) is 0 Å². The third-order valence-corrected chi connectivity index (χ3v) is 8.17. The number of amides is 1. The number of ether oxygens (including phenoxy) is 3. The monoisotopic (exact) mass is 581 g/mol. The molecule has 1 amide bonds. The van der Waals surface area contributed by atoms with Crippen LogP contribution in [0.5, 0.6) is 0 Å². The number of esters is 3. The van der Waals surface area contributed by atoms with E-state index in [4.69, 9.17) is 19.2 Å². The van der Waals surface area contributed by atoms with Crippen molar-refractivity contribution in [3.05, 3.63) is 57.1 Å². The highest BCUT2D eigenvalue weighted by Crippen LogP contribution is 2.35. The van der Waals surface area contributed by atoms with Gasteiger partial charge in [0.15, 0.2) is 6.10 Å². The van der Waals surface area contributed by atoms with Crippen LogP contribution in [0, 0.1) is 6.92 Å². The number of nitrogens with zero attached hydrogens (tertiary/aromatic N) is 2. The maximum absolute atomic E-state index is 13.7. The van der Waals surface area contributed by atoms with Crippen LogP contribution >= 0.6 is 11.3 Å². The number of carbonyl (C=O) groups is 4. The Hall–Kier alpha value is -3.83. The molecule has 3 heterocycles. The first kappa shape index (κ1) is 30.1. The molecule has 0 saturated heterocycles. The molecule has 4 rings (SSSR count). The summed E-state index contributed by atoms with van der Waals surface area (Å²) in [5.41, 5.74) is 3.15. The summed E-state index contributed by atoms with van der Waals surface area (Å²) in [5.74, 6) is -2.57. The average Bonchev–Trinajstić information content (AvgIpc) is 3.26. The lowest BCUT2D eigenvalue weighted by Crippen LogP contribution is -2.37. The number of pyridine rings is 1. The molecule has 0 fully saturated rings. The number of hydrogen-bond acceptors (Lipinski definition) is 10. The fourth-order valence-electron chi connectivity index (χ4n) is 4.81. The van der Waals surface area contributed by atoms with E-state index in [9.17, 15) is 19.2 Å². The second-order valence-corrected chi connectivity index (χ2v) is 11.0. The van der Waals surface area contributed by atoms with Gasteiger partial charge in [-0.2, -0.15) is 0 Å². The summed E-state index contributed by atoms with van der Waals surface area (Å²) in [4.78, 5) is 59.4. The first-order valence-corrected chi connectivity index (χ1v) is 14.5. The Labute approximate surface area is 243 Å². The number of para-hydroxylation sites is 1. The molecule has 0 radical (unpaired) electrons. The van der Waals surface area contributed by atoms with Crippen molar-refractivity contribution in [2.45, 2.75) is 66.7 Å². The lowest BCUT2D eigenvalue weighted by molar-refractivity contribution is -0.123. The Bertz CT molecular complexity index is 1500. The molecule has 3 aromatic rings. The minimum atomic E-state index is -1.21. The Kier molecular flexibility index (Phi) is 9.39. The smallest absolute Gasteiger partial charge is 0.348 e. The number of fused-ring (bicyclic) bond motifs is 2. The van der Waals surface area contributed by atoms with Gasteiger partial charge in [0.05, 0.1) is 29.9 Å². The predicted molar refractivity (Wildman–Crippen MR) is 155 cm³/mol. The molecular weight excluding hydrogens is 546 g/mol. The maximum Gasteiger partial charge on any atom is 0.348 e. The molecule has 41 heavy (non-hydrogen) atoms. The minimum absolute atomic E-state index is 0.0646. The summed E-state index contributed by atoms with van der Waals surface area (Å²) in [6.45, 7) is 12.2. The van der Waals surface area contributed by atoms with E-state index in [1.165, 1.54) is 6.92 Å². The van der Waals surface area contributed by atoms with Gasteiger partial charge in [0.1, 0.15) is 9.88 Å². The molecule has 11 heteroatoms. The van der Waals surface area contributed by atoms with Crippen LogP contribution in [0.3, 0.4) is 0 Å². The lowest BCUT2D eigenvalue weighted by Gasteiger charge is -2.32. The molecule has 10 nitrogen and oxygen atoms in total. The number of hydrogen-bond donors (Lipinski definition) is 1. The number of aromatic nitrogens is 1. The van der Waals surface area contributed by atoms with Crippen molar-refractivity contribution < 1.29 is 33.4 Å². The van der Waals surface area contributed by atoms with Crippen molar-refractivity contribution in [3.8, 4) is 0 Å². The second kappa shape index (κ2) is 12.8. The number of nitrogens with one attached hydrogen (secondary N) is 1. The van der Waals surface area contributed by atoms with Gasteiger partial charge in [-0.1, -0.05) is 18.2 Å². The summed E-state index contributed by atoms with van der Waals surface area (Å²) in [7, 11) is 0. The molecule has 0 bridgehead atoms. The topological polar surface area (TPSA) is 124 Å². The number of carbonyl (C=O) groups excluding carboxylic acids is 4. The molecule has 1 aliphatic heterocycles. The Morgan fingerprint density at radius 1 is 1.00 bits per heavy atom. The van der Waals surface area contributed by atoms with E-state index in [2.05, 4.69) is 24.1 Å². The Morgan fingerprint density at radius 2 is 1.68 bits per heavy atom. The van der Waals surface area contributed by atoms with E-state index in [1.54, 1.807) is 20.8 Å². The summed E-state index contributed by atoms with van der Waals surface area (Å²) in [6.07, 6.45) is -0.510. The fraction of sp³-hybridized carbons (Fsp3) is 0.433. The SMILES string of the molecule is CCOC(=O)c1sc(NC(=O)C(C)OC(=O)c2c3c(nc4ccccc24)CCN(C(C)C)C3)c(C(=O)OCC)c1C. The lowest BCUT2D eigenvalue weighted by atomic mass is 9.95. The number of rotatable bonds is 9. The van der Waals surface area contributed by atoms with Gasteiger partial charge in [0, 0.05) is 42.2 Å². The molecule has 1 atom stereocenters. The van der Waals surface area contributed by atoms with Crippen LogP contribution in [0.4, 0.5) is 5.00 Å². The number of thiophene rings is 1. The number of benzene rings is 1. The standard InChI is InChI=1S/C30H35N3O7S/c1-7-38-28(35)23-17(5)25(30(37)39-8-2)41-27(23)32-26(34)18(6)40-29(36)24-19-11-9-10-12-21(19)31-22-13-14-33(16(3)4)15-20(22)24/h9-12,16,18H,7-8,13-15H2,1-6H3,(H,32,34). The van der Waals surface area contributed by atoms with Gasteiger partial charge in [-0.05, 0) is 53.2 Å². The van der Waals surface area contributed by atoms with Gasteiger partial charge in [-0.25, -0.2) is 14.4 Å². The van der Waals surface area contributed by atoms with Crippen molar-refractivity contribution in [1.29, 1.82) is 0 Å². The maximum atomic E-state index is 13.7. The molecule has 2 aromatic heterocycles. The molecule has 1 N–H and O–H groups in total. The molecule has 1 aliphatic rings. The van der Waals surface area contributed by atoms with Crippen molar-refractivity contribution in [1.82, 2.24) is 9.88 Å². The highest BCUT2D eigenvalue weighted by molar-refractivity contribution is 7.18. The van der Waals surface area contributed by atoms with Gasteiger partial charge in [-0.15, -0.1) is 11.3 Å². The highest BCUT2D eigenvalue weighted by Gasteiger charge is 2.31. The summed E-state index contributed by atoms with van der Waals surface area (Å²) in [5, 5.41) is 3.44. The van der Waals surface area contributed by atoms with Crippen LogP contribution in [-0.4, -0.2) is 65.6 Å². The first-order chi connectivity index (χ1) is 19.6. The molecule has 0 aliphatic carbocycles. The van der Waals surface area contributed by atoms with E-state index >= 15 is 0 Å². The zero-order valence-electron chi connectivity index (χ0n) is 24.2. The van der Waals surface area contributed by atoms with Crippen LogP contribution in [-0.2, 0) is 32.0 Å². The molecule has 0 spiro atoms. The van der Waals surface area contributed by atoms with Crippen molar-refractivity contribution in [2.75, 3.05) is 25.1 Å². The van der Waals surface area contributed by atoms with Crippen LogP contribution in [0.1, 0.15) is 81.8 Å². The molecular formula is C30H35N3O7S. The average molecular weight is 582 g/mol. The molecule has 1 unspecified atom stereocenters. The van der Waals surface area contributed by atoms with Gasteiger partial charge < -0.3 is 19.5 Å². The molecule has 218 valence electrons. The van der Waals surface area contributed by atoms with E-state index in [-0.39, 0.29) is 34.7 Å². The molecule has 0 saturated carbocycles. The predicted octanol–water partition coefficient (Wildman–Crippen LogP) is 4.91. The van der Waals surface area contributed by atoms with Gasteiger partial charge in [0.25, 0.3) is 5.91 Å². The van der Waals surface area contributed by atoms with Gasteiger partial charge in [-0.3, -0.25) is 14.7 Å². The van der Waals surface area contributed by atoms with Crippen molar-refractivity contribution in [2.24, 2.45) is 0 Å². The van der Waals surface area contributed by atoms with E-state index in [0.29, 0.717) is 35.0 Å². The largest absolute Gasteiger partial charge is 0.462 e. The minimum Gasteiger partial charge on any atom is -0.462 e. The van der Waals surface area contributed by atoms with Gasteiger partial charge >= 0.3 is 17.9 Å². The molecule has 1 aromatic carbocycles. The number of anilines is 1.